The van der Waals surface area contributed by atoms with E-state index in [2.05, 4.69) is 15.4 Å². The van der Waals surface area contributed by atoms with Crippen molar-refractivity contribution in [2.45, 2.75) is 82.8 Å². The molecule has 0 bridgehead atoms. The number of nitrogens with one attached hydrogen (secondary N) is 1. The number of nitrogen functional groups attached to an aromatic ring is 1. The lowest BCUT2D eigenvalue weighted by molar-refractivity contribution is -0.180. The minimum absolute atomic E-state index is 0.0671. The first-order valence-electron chi connectivity index (χ1n) is 13.1. The van der Waals surface area contributed by atoms with Crippen LogP contribution in [-0.2, 0) is 28.5 Å². The van der Waals surface area contributed by atoms with Gasteiger partial charge in [0.2, 0.25) is 5.60 Å². The molecule has 0 unspecified atom stereocenters. The molecule has 2 aromatic rings. The van der Waals surface area contributed by atoms with Gasteiger partial charge < -0.3 is 29.8 Å². The Balaban J connectivity index is 1.72. The van der Waals surface area contributed by atoms with Crippen LogP contribution in [0.15, 0.2) is 18.5 Å². The average molecular weight is 547 g/mol. The summed E-state index contributed by atoms with van der Waals surface area (Å²) in [5, 5.41) is 28.6. The predicted molar refractivity (Wildman–Crippen MR) is 139 cm³/mol. The smallest absolute Gasteiger partial charge is 0.323 e. The summed E-state index contributed by atoms with van der Waals surface area (Å²) >= 11 is 0. The van der Waals surface area contributed by atoms with Gasteiger partial charge in [0.15, 0.2) is 11.9 Å². The van der Waals surface area contributed by atoms with Crippen LogP contribution >= 0.6 is 0 Å². The summed E-state index contributed by atoms with van der Waals surface area (Å²) in [4.78, 5) is 28.9. The SMILES string of the molecule is CO[C@](C#N)(COCN[C@@H](C)C(=O)OC1CCCCC1)[C@@H](O)[C@@H](OC(=O)C(C)C)c1ccc2c(N)ncnn12. The molecule has 2 heterocycles. The summed E-state index contributed by atoms with van der Waals surface area (Å²) in [6, 6.07) is 4.50. The van der Waals surface area contributed by atoms with Crippen LogP contribution in [0.1, 0.15) is 64.7 Å². The summed E-state index contributed by atoms with van der Waals surface area (Å²) < 4.78 is 23.7. The number of aliphatic hydroxyl groups is 1. The Morgan fingerprint density at radius 1 is 1.26 bits per heavy atom. The molecule has 0 amide bonds. The Hall–Kier alpha value is -3.31. The van der Waals surface area contributed by atoms with Crippen LogP contribution in [0.2, 0.25) is 0 Å². The van der Waals surface area contributed by atoms with E-state index in [0.29, 0.717) is 5.52 Å². The van der Waals surface area contributed by atoms with Gasteiger partial charge in [0.25, 0.3) is 0 Å². The summed E-state index contributed by atoms with van der Waals surface area (Å²) in [6.07, 6.45) is 3.08. The third-order valence-electron chi connectivity index (χ3n) is 6.83. The van der Waals surface area contributed by atoms with Gasteiger partial charge in [0.05, 0.1) is 24.9 Å². The number of carbonyl (C=O) groups is 2. The molecule has 1 aliphatic rings. The van der Waals surface area contributed by atoms with Crippen molar-refractivity contribution in [2.24, 2.45) is 5.92 Å². The number of ether oxygens (including phenoxy) is 4. The van der Waals surface area contributed by atoms with Crippen LogP contribution in [-0.4, -0.2) is 75.9 Å². The molecule has 0 saturated heterocycles. The number of carbonyl (C=O) groups excluding carboxylic acids is 2. The number of aliphatic hydroxyl groups excluding tert-OH is 1. The molecule has 0 spiro atoms. The number of esters is 2. The van der Waals surface area contributed by atoms with Gasteiger partial charge in [-0.15, -0.1) is 0 Å². The van der Waals surface area contributed by atoms with Crippen LogP contribution < -0.4 is 11.1 Å². The lowest BCUT2D eigenvalue weighted by Crippen LogP contribution is -2.52. The zero-order valence-corrected chi connectivity index (χ0v) is 22.8. The number of nitrogens with two attached hydrogens (primary N) is 1. The monoisotopic (exact) mass is 546 g/mol. The second-order valence-corrected chi connectivity index (χ2v) is 9.98. The van der Waals surface area contributed by atoms with Crippen LogP contribution in [0, 0.1) is 17.2 Å². The maximum absolute atomic E-state index is 12.6. The highest BCUT2D eigenvalue weighted by Crippen LogP contribution is 2.33. The largest absolute Gasteiger partial charge is 0.461 e. The predicted octanol–water partition coefficient (Wildman–Crippen LogP) is 1.65. The van der Waals surface area contributed by atoms with Gasteiger partial charge in [0, 0.05) is 7.11 Å². The molecule has 13 nitrogen and oxygen atoms in total. The number of aromatic nitrogens is 3. The molecule has 1 saturated carbocycles. The van der Waals surface area contributed by atoms with Crippen LogP contribution in [0.25, 0.3) is 5.52 Å². The number of nitrogens with zero attached hydrogens (tertiary/aromatic N) is 4. The van der Waals surface area contributed by atoms with Gasteiger partial charge in [0.1, 0.15) is 36.2 Å². The van der Waals surface area contributed by atoms with Gasteiger partial charge in [-0.3, -0.25) is 14.9 Å². The third kappa shape index (κ3) is 7.21. The molecule has 0 aromatic carbocycles. The first-order chi connectivity index (χ1) is 18.6. The summed E-state index contributed by atoms with van der Waals surface area (Å²) in [5.74, 6) is -1.32. The zero-order chi connectivity index (χ0) is 28.6. The topological polar surface area (TPSA) is 183 Å². The number of hydrogen-bond acceptors (Lipinski definition) is 12. The summed E-state index contributed by atoms with van der Waals surface area (Å²) in [7, 11) is 1.24. The highest BCUT2D eigenvalue weighted by molar-refractivity contribution is 5.75. The standard InChI is InChI=1S/C26H38N6O7/c1-16(2)24(34)39-21(19-10-11-20-23(28)29-14-31-32(19)20)22(33)26(12-27,36-4)13-37-15-30-17(3)25(35)38-18-8-6-5-7-9-18/h10-11,14,16-18,21-22,30,33H,5-9,13,15H2,1-4H3,(H2,28,29,31)/t17-,21-,22-,26+/m0/s1. The first-order valence-corrected chi connectivity index (χ1v) is 13.1. The molecule has 3 rings (SSSR count). The number of rotatable bonds is 13. The number of nitriles is 1. The average Bonchev–Trinajstić information content (AvgIpc) is 3.37. The van der Waals surface area contributed by atoms with Crippen molar-refractivity contribution in [2.75, 3.05) is 26.2 Å². The van der Waals surface area contributed by atoms with E-state index in [1.165, 1.54) is 18.0 Å². The van der Waals surface area contributed by atoms with E-state index in [0.717, 1.165) is 32.1 Å². The normalized spacial score (nSPS) is 18.2. The molecule has 1 fully saturated rings. The Morgan fingerprint density at radius 3 is 2.62 bits per heavy atom. The number of methoxy groups -OCH3 is 1. The van der Waals surface area contributed by atoms with Crippen LogP contribution in [0.5, 0.6) is 0 Å². The van der Waals surface area contributed by atoms with Gasteiger partial charge >= 0.3 is 11.9 Å². The van der Waals surface area contributed by atoms with E-state index in [4.69, 9.17) is 24.7 Å². The fourth-order valence-corrected chi connectivity index (χ4v) is 4.31. The van der Waals surface area contributed by atoms with Crippen LogP contribution in [0.4, 0.5) is 5.82 Å². The van der Waals surface area contributed by atoms with Crippen molar-refractivity contribution in [3.05, 3.63) is 24.2 Å². The molecule has 0 aliphatic heterocycles. The lowest BCUT2D eigenvalue weighted by Gasteiger charge is -2.34. The van der Waals surface area contributed by atoms with Gasteiger partial charge in [-0.2, -0.15) is 10.4 Å². The van der Waals surface area contributed by atoms with Crippen molar-refractivity contribution in [3.63, 3.8) is 0 Å². The Labute approximate surface area is 227 Å². The summed E-state index contributed by atoms with van der Waals surface area (Å²) in [5.41, 5.74) is 4.68. The van der Waals surface area contributed by atoms with Gasteiger partial charge in [-0.05, 0) is 44.7 Å². The minimum atomic E-state index is -1.95. The first kappa shape index (κ1) is 30.2. The molecule has 4 N–H and O–H groups in total. The fourth-order valence-electron chi connectivity index (χ4n) is 4.31. The molecule has 1 aliphatic carbocycles. The molecule has 39 heavy (non-hydrogen) atoms. The van der Waals surface area contributed by atoms with E-state index in [9.17, 15) is 20.0 Å². The van der Waals surface area contributed by atoms with E-state index < -0.39 is 42.3 Å². The number of anilines is 1. The Morgan fingerprint density at radius 2 is 1.97 bits per heavy atom. The fraction of sp³-hybridized carbons (Fsp3) is 0.654. The molecule has 4 atom stereocenters. The molecular formula is C26H38N6O7. The van der Waals surface area contributed by atoms with Gasteiger partial charge in [-0.25, -0.2) is 9.50 Å². The van der Waals surface area contributed by atoms with E-state index in [1.54, 1.807) is 32.9 Å². The zero-order valence-electron chi connectivity index (χ0n) is 22.8. The second kappa shape index (κ2) is 13.7. The van der Waals surface area contributed by atoms with Crippen molar-refractivity contribution < 1.29 is 33.6 Å². The quantitative estimate of drug-likeness (QED) is 0.188. The Kier molecular flexibility index (Phi) is 10.6. The highest BCUT2D eigenvalue weighted by Gasteiger charge is 2.47. The number of fused-ring (bicyclic) bond motifs is 1. The summed E-state index contributed by atoms with van der Waals surface area (Å²) in [6.45, 7) is 4.41. The van der Waals surface area contributed by atoms with E-state index in [-0.39, 0.29) is 30.3 Å². The molecule has 0 radical (unpaired) electrons. The van der Waals surface area contributed by atoms with Gasteiger partial charge in [-0.1, -0.05) is 20.3 Å². The van der Waals surface area contributed by atoms with E-state index in [1.807, 2.05) is 6.07 Å². The molecule has 2 aromatic heterocycles. The third-order valence-corrected chi connectivity index (χ3v) is 6.83. The lowest BCUT2D eigenvalue weighted by atomic mass is 9.92. The number of hydrogen-bond donors (Lipinski definition) is 3. The minimum Gasteiger partial charge on any atom is -0.461 e. The Bertz CT molecular complexity index is 1160. The van der Waals surface area contributed by atoms with Crippen molar-refractivity contribution in [1.29, 1.82) is 5.26 Å². The highest BCUT2D eigenvalue weighted by atomic mass is 16.6. The van der Waals surface area contributed by atoms with Crippen molar-refractivity contribution in [1.82, 2.24) is 19.9 Å². The molecular weight excluding hydrogens is 508 g/mol. The maximum Gasteiger partial charge on any atom is 0.323 e. The molecule has 214 valence electrons. The van der Waals surface area contributed by atoms with Crippen LogP contribution in [0.3, 0.4) is 0 Å². The molecule has 13 heteroatoms. The maximum atomic E-state index is 12.6. The van der Waals surface area contributed by atoms with Crippen molar-refractivity contribution in [3.8, 4) is 6.07 Å². The second-order valence-electron chi connectivity index (χ2n) is 9.98. The van der Waals surface area contributed by atoms with E-state index >= 15 is 0 Å². The van der Waals surface area contributed by atoms with Crippen molar-refractivity contribution >= 4 is 23.3 Å².